The lowest BCUT2D eigenvalue weighted by Crippen LogP contribution is -2.02. The highest BCUT2D eigenvalue weighted by atomic mass is 35.5. The molecule has 0 bridgehead atoms. The van der Waals surface area contributed by atoms with Gasteiger partial charge in [0, 0.05) is 10.6 Å². The number of carbonyl (C=O) groups is 1. The van der Waals surface area contributed by atoms with Crippen molar-refractivity contribution < 1.29 is 9.18 Å². The van der Waals surface area contributed by atoms with E-state index in [1.54, 1.807) is 18.2 Å². The molecule has 0 aromatic heterocycles. The van der Waals surface area contributed by atoms with Gasteiger partial charge in [0.15, 0.2) is 12.5 Å². The maximum absolute atomic E-state index is 12.1. The molecule has 0 N–H and O–H groups in total. The van der Waals surface area contributed by atoms with Gasteiger partial charge in [-0.05, 0) is 29.7 Å². The highest BCUT2D eigenvalue weighted by molar-refractivity contribution is 6.31. The normalized spacial score (nSPS) is 10.6. The molecule has 3 heteroatoms. The number of carbonyl (C=O) groups excluding carboxylic acids is 1. The van der Waals surface area contributed by atoms with Crippen molar-refractivity contribution in [3.8, 4) is 0 Å². The summed E-state index contributed by atoms with van der Waals surface area (Å²) < 4.78 is 12.1. The molecule has 76 valence electrons. The molecule has 0 aliphatic heterocycles. The van der Waals surface area contributed by atoms with Crippen LogP contribution in [-0.4, -0.2) is 12.5 Å². The summed E-state index contributed by atoms with van der Waals surface area (Å²) in [6.45, 7) is 3.00. The maximum Gasteiger partial charge on any atom is 0.193 e. The SMILES string of the molecule is CC(C)c1cc(C(=O)CF)ccc1Cl. The zero-order valence-corrected chi connectivity index (χ0v) is 8.94. The second kappa shape index (κ2) is 4.56. The van der Waals surface area contributed by atoms with Crippen LogP contribution in [0.5, 0.6) is 0 Å². The number of rotatable bonds is 3. The van der Waals surface area contributed by atoms with E-state index in [2.05, 4.69) is 0 Å². The third kappa shape index (κ3) is 2.32. The van der Waals surface area contributed by atoms with E-state index in [1.807, 2.05) is 13.8 Å². The van der Waals surface area contributed by atoms with Crippen molar-refractivity contribution in [3.63, 3.8) is 0 Å². The molecule has 0 radical (unpaired) electrons. The van der Waals surface area contributed by atoms with Gasteiger partial charge < -0.3 is 0 Å². The Morgan fingerprint density at radius 3 is 2.64 bits per heavy atom. The molecule has 0 unspecified atom stereocenters. The minimum atomic E-state index is -0.959. The van der Waals surface area contributed by atoms with Crippen molar-refractivity contribution in [2.75, 3.05) is 6.67 Å². The summed E-state index contributed by atoms with van der Waals surface area (Å²) in [7, 11) is 0. The van der Waals surface area contributed by atoms with Crippen LogP contribution < -0.4 is 0 Å². The minimum Gasteiger partial charge on any atom is -0.291 e. The van der Waals surface area contributed by atoms with Crippen LogP contribution in [0.15, 0.2) is 18.2 Å². The Hall–Kier alpha value is -0.890. The summed E-state index contributed by atoms with van der Waals surface area (Å²) in [6.07, 6.45) is 0. The highest BCUT2D eigenvalue weighted by Gasteiger charge is 2.10. The summed E-state index contributed by atoms with van der Waals surface area (Å²) in [6, 6.07) is 4.85. The van der Waals surface area contributed by atoms with Gasteiger partial charge in [-0.3, -0.25) is 4.79 Å². The summed E-state index contributed by atoms with van der Waals surface area (Å²) in [5.74, 6) is -0.265. The zero-order valence-electron chi connectivity index (χ0n) is 8.18. The Morgan fingerprint density at radius 1 is 1.50 bits per heavy atom. The Balaban J connectivity index is 3.13. The first kappa shape index (κ1) is 11.2. The zero-order chi connectivity index (χ0) is 10.7. The van der Waals surface area contributed by atoms with Crippen LogP contribution in [0.2, 0.25) is 5.02 Å². The average Bonchev–Trinajstić information content (AvgIpc) is 2.17. The van der Waals surface area contributed by atoms with E-state index in [-0.39, 0.29) is 5.92 Å². The van der Waals surface area contributed by atoms with Crippen molar-refractivity contribution in [3.05, 3.63) is 34.3 Å². The molecule has 0 heterocycles. The van der Waals surface area contributed by atoms with Gasteiger partial charge in [0.2, 0.25) is 0 Å². The molecule has 1 aromatic rings. The summed E-state index contributed by atoms with van der Waals surface area (Å²) in [4.78, 5) is 11.1. The van der Waals surface area contributed by atoms with E-state index in [1.165, 1.54) is 0 Å². The lowest BCUT2D eigenvalue weighted by molar-refractivity contribution is 0.0958. The Labute approximate surface area is 87.9 Å². The van der Waals surface area contributed by atoms with E-state index in [0.29, 0.717) is 10.6 Å². The molecule has 14 heavy (non-hydrogen) atoms. The molecule has 1 rings (SSSR count). The molecule has 1 nitrogen and oxygen atoms in total. The van der Waals surface area contributed by atoms with Gasteiger partial charge in [0.05, 0.1) is 0 Å². The number of hydrogen-bond donors (Lipinski definition) is 0. The molecular weight excluding hydrogens is 203 g/mol. The smallest absolute Gasteiger partial charge is 0.193 e. The third-order valence-corrected chi connectivity index (χ3v) is 2.41. The molecule has 0 saturated carbocycles. The first-order valence-electron chi connectivity index (χ1n) is 4.45. The molecule has 0 aliphatic carbocycles. The maximum atomic E-state index is 12.1. The molecule has 0 saturated heterocycles. The largest absolute Gasteiger partial charge is 0.291 e. The van der Waals surface area contributed by atoms with Crippen molar-refractivity contribution >= 4 is 17.4 Å². The van der Waals surface area contributed by atoms with Crippen molar-refractivity contribution in [2.24, 2.45) is 0 Å². The molecular formula is C11H12ClFO. The quantitative estimate of drug-likeness (QED) is 0.703. The van der Waals surface area contributed by atoms with E-state index in [9.17, 15) is 9.18 Å². The van der Waals surface area contributed by atoms with Gasteiger partial charge in [-0.15, -0.1) is 0 Å². The molecule has 0 spiro atoms. The fourth-order valence-corrected chi connectivity index (χ4v) is 1.57. The number of alkyl halides is 1. The number of halogens is 2. The van der Waals surface area contributed by atoms with Crippen molar-refractivity contribution in [2.45, 2.75) is 19.8 Å². The molecule has 0 aliphatic rings. The molecule has 0 fully saturated rings. The van der Waals surface area contributed by atoms with E-state index >= 15 is 0 Å². The van der Waals surface area contributed by atoms with E-state index in [0.717, 1.165) is 5.56 Å². The standard InChI is InChI=1S/C11H12ClFO/c1-7(2)9-5-8(11(14)6-13)3-4-10(9)12/h3-5,7H,6H2,1-2H3. The van der Waals surface area contributed by atoms with Crippen LogP contribution in [-0.2, 0) is 0 Å². The van der Waals surface area contributed by atoms with Gasteiger partial charge >= 0.3 is 0 Å². The number of benzene rings is 1. The van der Waals surface area contributed by atoms with Crippen LogP contribution in [0.3, 0.4) is 0 Å². The Kier molecular flexibility index (Phi) is 3.64. The Bertz CT molecular complexity index is 347. The molecule has 0 atom stereocenters. The first-order chi connectivity index (χ1) is 6.56. The predicted octanol–water partition coefficient (Wildman–Crippen LogP) is 3.62. The van der Waals surface area contributed by atoms with Crippen molar-refractivity contribution in [1.82, 2.24) is 0 Å². The van der Waals surface area contributed by atoms with E-state index < -0.39 is 12.5 Å². The number of Topliss-reactive ketones (excluding diaryl/α,β-unsaturated/α-hetero) is 1. The van der Waals surface area contributed by atoms with Gasteiger partial charge in [-0.1, -0.05) is 25.4 Å². The minimum absolute atomic E-state index is 0.231. The summed E-state index contributed by atoms with van der Waals surface area (Å²) in [5, 5.41) is 0.621. The number of ketones is 1. The summed E-state index contributed by atoms with van der Waals surface area (Å²) >= 11 is 5.93. The fourth-order valence-electron chi connectivity index (χ4n) is 1.24. The Morgan fingerprint density at radius 2 is 2.14 bits per heavy atom. The first-order valence-corrected chi connectivity index (χ1v) is 4.82. The molecule has 0 amide bonds. The van der Waals surface area contributed by atoms with Gasteiger partial charge in [0.25, 0.3) is 0 Å². The van der Waals surface area contributed by atoms with Gasteiger partial charge in [-0.25, -0.2) is 4.39 Å². The van der Waals surface area contributed by atoms with Gasteiger partial charge in [0.1, 0.15) is 0 Å². The lowest BCUT2D eigenvalue weighted by Gasteiger charge is -2.09. The average molecular weight is 215 g/mol. The van der Waals surface area contributed by atoms with Crippen LogP contribution in [0.4, 0.5) is 4.39 Å². The topological polar surface area (TPSA) is 17.1 Å². The monoisotopic (exact) mass is 214 g/mol. The predicted molar refractivity (Wildman–Crippen MR) is 55.8 cm³/mol. The van der Waals surface area contributed by atoms with Crippen molar-refractivity contribution in [1.29, 1.82) is 0 Å². The van der Waals surface area contributed by atoms with Crippen LogP contribution in [0.25, 0.3) is 0 Å². The van der Waals surface area contributed by atoms with Crippen LogP contribution >= 0.6 is 11.6 Å². The van der Waals surface area contributed by atoms with Crippen LogP contribution in [0, 0.1) is 0 Å². The third-order valence-electron chi connectivity index (χ3n) is 2.06. The second-order valence-electron chi connectivity index (χ2n) is 3.45. The summed E-state index contributed by atoms with van der Waals surface area (Å²) in [5.41, 5.74) is 1.27. The molecule has 1 aromatic carbocycles. The van der Waals surface area contributed by atoms with Crippen LogP contribution in [0.1, 0.15) is 35.7 Å². The number of hydrogen-bond acceptors (Lipinski definition) is 1. The second-order valence-corrected chi connectivity index (χ2v) is 3.85. The fraction of sp³-hybridized carbons (Fsp3) is 0.364. The highest BCUT2D eigenvalue weighted by Crippen LogP contribution is 2.25. The lowest BCUT2D eigenvalue weighted by atomic mass is 9.99. The van der Waals surface area contributed by atoms with E-state index in [4.69, 9.17) is 11.6 Å². The van der Waals surface area contributed by atoms with Gasteiger partial charge in [-0.2, -0.15) is 0 Å².